The van der Waals surface area contributed by atoms with Crippen molar-refractivity contribution in [3.63, 3.8) is 0 Å². The standard InChI is InChI=1S/C40H76NO3/c1-7-10-13-16-19-22-25-28-31-42-38-34-37(36-41(4,5)6)35-39(43-32-29-26-23-20-17-14-11-8-2)40(38)44-33-30-27-24-21-18-15-12-9-3/h34-35H,7-33,36H2,1-6H3/q+1. The fraction of sp³-hybridized carbons (Fsp3) is 0.850. The van der Waals surface area contributed by atoms with Crippen LogP contribution in [0.3, 0.4) is 0 Å². The van der Waals surface area contributed by atoms with Crippen LogP contribution in [-0.2, 0) is 6.54 Å². The van der Waals surface area contributed by atoms with Crippen molar-refractivity contribution in [2.45, 2.75) is 181 Å². The normalized spacial score (nSPS) is 11.7. The van der Waals surface area contributed by atoms with E-state index in [2.05, 4.69) is 54.0 Å². The van der Waals surface area contributed by atoms with Crippen molar-refractivity contribution < 1.29 is 18.7 Å². The third kappa shape index (κ3) is 23.0. The molecule has 258 valence electrons. The first kappa shape index (κ1) is 40.6. The van der Waals surface area contributed by atoms with Gasteiger partial charge in [0.1, 0.15) is 6.54 Å². The molecule has 0 saturated heterocycles. The maximum Gasteiger partial charge on any atom is 0.203 e. The molecule has 0 N–H and O–H groups in total. The monoisotopic (exact) mass is 619 g/mol. The molecule has 0 spiro atoms. The van der Waals surface area contributed by atoms with E-state index in [1.807, 2.05) is 0 Å². The molecule has 0 atom stereocenters. The highest BCUT2D eigenvalue weighted by Crippen LogP contribution is 2.40. The second kappa shape index (κ2) is 27.9. The molecule has 4 heteroatoms. The summed E-state index contributed by atoms with van der Waals surface area (Å²) < 4.78 is 20.4. The molecule has 44 heavy (non-hydrogen) atoms. The van der Waals surface area contributed by atoms with Gasteiger partial charge in [0.25, 0.3) is 0 Å². The second-order valence-corrected chi connectivity index (χ2v) is 14.3. The van der Waals surface area contributed by atoms with Crippen LogP contribution < -0.4 is 14.2 Å². The summed E-state index contributed by atoms with van der Waals surface area (Å²) in [6.07, 6.45) is 31.3. The minimum atomic E-state index is 0.728. The Morgan fingerprint density at radius 2 is 0.705 bits per heavy atom. The van der Waals surface area contributed by atoms with E-state index < -0.39 is 0 Å². The van der Waals surface area contributed by atoms with E-state index in [0.717, 1.165) is 67.4 Å². The van der Waals surface area contributed by atoms with Crippen LogP contribution in [0.5, 0.6) is 17.2 Å². The van der Waals surface area contributed by atoms with Gasteiger partial charge in [-0.25, -0.2) is 0 Å². The number of benzene rings is 1. The van der Waals surface area contributed by atoms with Gasteiger partial charge >= 0.3 is 0 Å². The Hall–Kier alpha value is -1.42. The Morgan fingerprint density at radius 1 is 0.409 bits per heavy atom. The summed E-state index contributed by atoms with van der Waals surface area (Å²) in [6, 6.07) is 4.45. The molecule has 1 aromatic carbocycles. The van der Waals surface area contributed by atoms with E-state index in [1.54, 1.807) is 0 Å². The summed E-state index contributed by atoms with van der Waals surface area (Å²) in [5.74, 6) is 2.59. The molecule has 4 nitrogen and oxygen atoms in total. The van der Waals surface area contributed by atoms with Gasteiger partial charge in [-0.3, -0.25) is 0 Å². The van der Waals surface area contributed by atoms with Crippen molar-refractivity contribution in [1.82, 2.24) is 0 Å². The summed E-state index contributed by atoms with van der Waals surface area (Å²) in [7, 11) is 6.73. The van der Waals surface area contributed by atoms with E-state index in [4.69, 9.17) is 14.2 Å². The molecule has 0 aliphatic carbocycles. The molecule has 0 bridgehead atoms. The molecule has 0 unspecified atom stereocenters. The van der Waals surface area contributed by atoms with Gasteiger partial charge in [-0.2, -0.15) is 0 Å². The molecular weight excluding hydrogens is 542 g/mol. The van der Waals surface area contributed by atoms with Crippen molar-refractivity contribution >= 4 is 0 Å². The number of nitrogens with zero attached hydrogens (tertiary/aromatic N) is 1. The number of hydrogen-bond acceptors (Lipinski definition) is 3. The van der Waals surface area contributed by atoms with E-state index in [0.29, 0.717) is 0 Å². The van der Waals surface area contributed by atoms with Crippen molar-refractivity contribution in [3.8, 4) is 17.2 Å². The minimum absolute atomic E-state index is 0.728. The van der Waals surface area contributed by atoms with Crippen molar-refractivity contribution in [1.29, 1.82) is 0 Å². The fourth-order valence-corrected chi connectivity index (χ4v) is 5.87. The highest BCUT2D eigenvalue weighted by atomic mass is 16.5. The summed E-state index contributed by atoms with van der Waals surface area (Å²) in [5, 5.41) is 0. The van der Waals surface area contributed by atoms with Gasteiger partial charge in [0.15, 0.2) is 11.5 Å². The lowest BCUT2D eigenvalue weighted by Crippen LogP contribution is -2.33. The number of unbranched alkanes of at least 4 members (excludes halogenated alkanes) is 21. The lowest BCUT2D eigenvalue weighted by atomic mass is 10.1. The van der Waals surface area contributed by atoms with Crippen LogP contribution in [0.15, 0.2) is 12.1 Å². The molecule has 0 fully saturated rings. The fourth-order valence-electron chi connectivity index (χ4n) is 5.87. The molecule has 0 saturated carbocycles. The topological polar surface area (TPSA) is 27.7 Å². The maximum atomic E-state index is 6.51. The van der Waals surface area contributed by atoms with E-state index in [-0.39, 0.29) is 0 Å². The molecule has 0 heterocycles. The summed E-state index contributed by atoms with van der Waals surface area (Å²) >= 11 is 0. The lowest BCUT2D eigenvalue weighted by molar-refractivity contribution is -0.884. The van der Waals surface area contributed by atoms with Gasteiger partial charge in [-0.1, -0.05) is 156 Å². The zero-order valence-electron chi connectivity index (χ0n) is 30.6. The molecule has 0 radical (unpaired) electrons. The average Bonchev–Trinajstić information content (AvgIpc) is 2.98. The molecular formula is C40H76NO3+. The molecule has 0 amide bonds. The number of rotatable bonds is 32. The highest BCUT2D eigenvalue weighted by Gasteiger charge is 2.19. The van der Waals surface area contributed by atoms with E-state index in [9.17, 15) is 0 Å². The highest BCUT2D eigenvalue weighted by molar-refractivity contribution is 5.54. The van der Waals surface area contributed by atoms with Crippen LogP contribution in [0.2, 0.25) is 0 Å². The smallest absolute Gasteiger partial charge is 0.203 e. The number of ether oxygens (including phenoxy) is 3. The first-order valence-corrected chi connectivity index (χ1v) is 19.3. The third-order valence-electron chi connectivity index (χ3n) is 8.49. The maximum absolute atomic E-state index is 6.51. The molecule has 0 aliphatic heterocycles. The third-order valence-corrected chi connectivity index (χ3v) is 8.49. The molecule has 0 aromatic heterocycles. The SMILES string of the molecule is CCCCCCCCCCOc1cc(C[N+](C)(C)C)cc(OCCCCCCCCCC)c1OCCCCCCCCCC. The Bertz CT molecular complexity index is 729. The molecule has 1 rings (SSSR count). The summed E-state index contributed by atoms with van der Waals surface area (Å²) in [5.41, 5.74) is 1.26. The predicted octanol–water partition coefficient (Wildman–Crippen LogP) is 12.5. The van der Waals surface area contributed by atoms with Gasteiger partial charge in [-0.05, 0) is 31.4 Å². The van der Waals surface area contributed by atoms with Crippen LogP contribution in [-0.4, -0.2) is 45.4 Å². The van der Waals surface area contributed by atoms with Gasteiger partial charge in [0.05, 0.1) is 41.0 Å². The lowest BCUT2D eigenvalue weighted by Gasteiger charge is -2.25. The van der Waals surface area contributed by atoms with Gasteiger partial charge in [0, 0.05) is 5.56 Å². The van der Waals surface area contributed by atoms with Crippen molar-refractivity contribution in [3.05, 3.63) is 17.7 Å². The van der Waals surface area contributed by atoms with Crippen LogP contribution in [0, 0.1) is 0 Å². The molecule has 0 aliphatic rings. The summed E-state index contributed by atoms with van der Waals surface area (Å²) in [6.45, 7) is 10.0. The largest absolute Gasteiger partial charge is 0.490 e. The van der Waals surface area contributed by atoms with Crippen LogP contribution >= 0.6 is 0 Å². The first-order valence-electron chi connectivity index (χ1n) is 19.3. The first-order chi connectivity index (χ1) is 21.4. The van der Waals surface area contributed by atoms with Crippen molar-refractivity contribution in [2.75, 3.05) is 41.0 Å². The molecule has 1 aromatic rings. The van der Waals surface area contributed by atoms with Crippen LogP contribution in [0.1, 0.15) is 180 Å². The van der Waals surface area contributed by atoms with Crippen molar-refractivity contribution in [2.24, 2.45) is 0 Å². The average molecular weight is 619 g/mol. The second-order valence-electron chi connectivity index (χ2n) is 14.3. The minimum Gasteiger partial charge on any atom is -0.490 e. The van der Waals surface area contributed by atoms with Crippen LogP contribution in [0.4, 0.5) is 0 Å². The zero-order valence-corrected chi connectivity index (χ0v) is 30.6. The number of hydrogen-bond donors (Lipinski definition) is 0. The Kier molecular flexibility index (Phi) is 25.7. The predicted molar refractivity (Wildman–Crippen MR) is 192 cm³/mol. The van der Waals surface area contributed by atoms with Crippen LogP contribution in [0.25, 0.3) is 0 Å². The Balaban J connectivity index is 2.80. The Morgan fingerprint density at radius 3 is 1.02 bits per heavy atom. The quantitative estimate of drug-likeness (QED) is 0.0594. The van der Waals surface area contributed by atoms with Gasteiger partial charge in [-0.15, -0.1) is 0 Å². The zero-order chi connectivity index (χ0) is 32.1. The number of quaternary nitrogens is 1. The van der Waals surface area contributed by atoms with E-state index in [1.165, 1.54) is 140 Å². The van der Waals surface area contributed by atoms with Gasteiger partial charge < -0.3 is 18.7 Å². The summed E-state index contributed by atoms with van der Waals surface area (Å²) in [4.78, 5) is 0. The van der Waals surface area contributed by atoms with E-state index >= 15 is 0 Å². The van der Waals surface area contributed by atoms with Gasteiger partial charge in [0.2, 0.25) is 5.75 Å². The Labute approximate surface area is 275 Å².